The summed E-state index contributed by atoms with van der Waals surface area (Å²) in [7, 11) is 0. The van der Waals surface area contributed by atoms with Gasteiger partial charge in [-0.15, -0.1) is 28.7 Å². The summed E-state index contributed by atoms with van der Waals surface area (Å²) in [6.07, 6.45) is 18.3. The molecule has 2 aromatic rings. The van der Waals surface area contributed by atoms with E-state index in [2.05, 4.69) is 86.7 Å². The molecule has 3 rings (SSSR count). The van der Waals surface area contributed by atoms with Crippen LogP contribution in [0.1, 0.15) is 128 Å². The summed E-state index contributed by atoms with van der Waals surface area (Å²) in [5, 5.41) is 2.13. The Morgan fingerprint density at radius 1 is 0.860 bits per heavy atom. The first kappa shape index (κ1) is 37.3. The number of hydrogen-bond acceptors (Lipinski definition) is 4. The van der Waals surface area contributed by atoms with Crippen molar-refractivity contribution in [2.24, 2.45) is 0 Å². The Morgan fingerprint density at radius 2 is 1.44 bits per heavy atom. The molecule has 0 aliphatic carbocycles. The molecule has 1 aliphatic heterocycles. The van der Waals surface area contributed by atoms with Gasteiger partial charge in [-0.25, -0.2) is 0 Å². The predicted octanol–water partition coefficient (Wildman–Crippen LogP) is 11.2. The Bertz CT molecular complexity index is 1100. The van der Waals surface area contributed by atoms with Gasteiger partial charge in [0.15, 0.2) is 0 Å². The quantitative estimate of drug-likeness (QED) is 0.139. The summed E-state index contributed by atoms with van der Waals surface area (Å²) in [4.78, 5) is 16.8. The number of thioether (sulfide) groups is 1. The number of halogens is 1. The van der Waals surface area contributed by atoms with Gasteiger partial charge in [-0.05, 0) is 58.2 Å². The standard InChI is InChI=1S/C37H56N2O2S.BrH/c1-6-7-8-9-10-11-12-13-14-15-16-17-25-41-36-23-20-33(27-35(36)37(3,4)5)29-39(31(2)40)34-21-18-32(19-22-34)28-38-24-26-42-30-38;/h18-24,26-27H,6-17,25,28-30H2,1-5H3;1H. The molecule has 0 bridgehead atoms. The van der Waals surface area contributed by atoms with E-state index in [9.17, 15) is 4.79 Å². The molecular weight excluding hydrogens is 616 g/mol. The molecule has 4 nitrogen and oxygen atoms in total. The highest BCUT2D eigenvalue weighted by Gasteiger charge is 2.21. The zero-order valence-corrected chi connectivity index (χ0v) is 30.1. The molecule has 1 amide bonds. The van der Waals surface area contributed by atoms with E-state index in [1.165, 1.54) is 81.8 Å². The van der Waals surface area contributed by atoms with Gasteiger partial charge in [-0.2, -0.15) is 0 Å². The molecule has 240 valence electrons. The number of carbonyl (C=O) groups excluding carboxylic acids is 1. The molecule has 0 unspecified atom stereocenters. The van der Waals surface area contributed by atoms with Crippen molar-refractivity contribution >= 4 is 40.3 Å². The minimum Gasteiger partial charge on any atom is -0.493 e. The van der Waals surface area contributed by atoms with Crippen molar-refractivity contribution in [3.63, 3.8) is 0 Å². The number of anilines is 1. The Kier molecular flexibility index (Phi) is 17.5. The van der Waals surface area contributed by atoms with Gasteiger partial charge in [-0.1, -0.05) is 117 Å². The lowest BCUT2D eigenvalue weighted by Gasteiger charge is -2.26. The van der Waals surface area contributed by atoms with Gasteiger partial charge in [-0.3, -0.25) is 4.79 Å². The van der Waals surface area contributed by atoms with Gasteiger partial charge in [0.1, 0.15) is 5.75 Å². The van der Waals surface area contributed by atoms with E-state index >= 15 is 0 Å². The lowest BCUT2D eigenvalue weighted by molar-refractivity contribution is -0.116. The van der Waals surface area contributed by atoms with Crippen LogP contribution in [0.3, 0.4) is 0 Å². The molecule has 0 fully saturated rings. The van der Waals surface area contributed by atoms with Crippen molar-refractivity contribution in [1.29, 1.82) is 0 Å². The minimum atomic E-state index is -0.0487. The number of rotatable bonds is 19. The lowest BCUT2D eigenvalue weighted by Crippen LogP contribution is -2.28. The van der Waals surface area contributed by atoms with Crippen LogP contribution in [0, 0.1) is 0 Å². The number of hydrogen-bond donors (Lipinski definition) is 0. The van der Waals surface area contributed by atoms with Crippen molar-refractivity contribution in [3.05, 3.63) is 70.8 Å². The molecule has 0 saturated heterocycles. The highest BCUT2D eigenvalue weighted by molar-refractivity contribution is 8.93. The fourth-order valence-corrected chi connectivity index (χ4v) is 6.22. The average Bonchev–Trinajstić information content (AvgIpc) is 3.47. The van der Waals surface area contributed by atoms with E-state index in [1.54, 1.807) is 6.92 Å². The van der Waals surface area contributed by atoms with Crippen LogP contribution in [0.25, 0.3) is 0 Å². The topological polar surface area (TPSA) is 32.8 Å². The monoisotopic (exact) mass is 672 g/mol. The third-order valence-electron chi connectivity index (χ3n) is 8.07. The molecule has 0 N–H and O–H groups in total. The molecule has 43 heavy (non-hydrogen) atoms. The number of carbonyl (C=O) groups is 1. The first-order valence-electron chi connectivity index (χ1n) is 16.4. The first-order chi connectivity index (χ1) is 20.3. The normalized spacial score (nSPS) is 12.8. The summed E-state index contributed by atoms with van der Waals surface area (Å²) in [6, 6.07) is 14.9. The van der Waals surface area contributed by atoms with Gasteiger partial charge in [0.25, 0.3) is 0 Å². The SMILES string of the molecule is Br.CCCCCCCCCCCCCCOc1ccc(CN(C(C)=O)c2ccc(CN3C=CSC3)cc2)cc1C(C)(C)C. The van der Waals surface area contributed by atoms with E-state index in [1.807, 2.05) is 16.7 Å². The second kappa shape index (κ2) is 20.2. The summed E-state index contributed by atoms with van der Waals surface area (Å²) < 4.78 is 6.32. The number of unbranched alkanes of at least 4 members (excludes halogenated alkanes) is 11. The average molecular weight is 674 g/mol. The zero-order valence-electron chi connectivity index (χ0n) is 27.5. The Balaban J connectivity index is 0.00000645. The van der Waals surface area contributed by atoms with Crippen LogP contribution in [0.5, 0.6) is 5.75 Å². The molecule has 1 aliphatic rings. The number of amides is 1. The van der Waals surface area contributed by atoms with Crippen molar-refractivity contribution < 1.29 is 9.53 Å². The van der Waals surface area contributed by atoms with Gasteiger partial charge in [0.2, 0.25) is 5.91 Å². The van der Waals surface area contributed by atoms with Crippen LogP contribution in [-0.2, 0) is 23.3 Å². The fourth-order valence-electron chi connectivity index (χ4n) is 5.50. The summed E-state index contributed by atoms with van der Waals surface area (Å²) in [5.74, 6) is 2.02. The van der Waals surface area contributed by atoms with E-state index in [0.717, 1.165) is 42.4 Å². The van der Waals surface area contributed by atoms with Crippen molar-refractivity contribution in [3.8, 4) is 5.75 Å². The van der Waals surface area contributed by atoms with Crippen LogP contribution in [0.15, 0.2) is 54.1 Å². The molecule has 0 atom stereocenters. The van der Waals surface area contributed by atoms with Gasteiger partial charge < -0.3 is 14.5 Å². The number of ether oxygens (including phenoxy) is 1. The van der Waals surface area contributed by atoms with E-state index in [0.29, 0.717) is 6.54 Å². The van der Waals surface area contributed by atoms with Crippen LogP contribution >= 0.6 is 28.7 Å². The maximum absolute atomic E-state index is 12.7. The maximum atomic E-state index is 12.7. The molecule has 0 radical (unpaired) electrons. The highest BCUT2D eigenvalue weighted by Crippen LogP contribution is 2.33. The van der Waals surface area contributed by atoms with Crippen LogP contribution in [0.2, 0.25) is 0 Å². The molecule has 2 aromatic carbocycles. The van der Waals surface area contributed by atoms with Crippen LogP contribution in [-0.4, -0.2) is 23.3 Å². The van der Waals surface area contributed by atoms with Gasteiger partial charge in [0.05, 0.1) is 19.0 Å². The number of nitrogens with zero attached hydrogens (tertiary/aromatic N) is 2. The van der Waals surface area contributed by atoms with Crippen molar-refractivity contribution in [2.75, 3.05) is 17.4 Å². The Hall–Kier alpha value is -1.92. The molecule has 0 aromatic heterocycles. The molecule has 1 heterocycles. The summed E-state index contributed by atoms with van der Waals surface area (Å²) in [5.41, 5.74) is 4.46. The second-order valence-corrected chi connectivity index (χ2v) is 13.8. The van der Waals surface area contributed by atoms with E-state index in [4.69, 9.17) is 4.74 Å². The smallest absolute Gasteiger partial charge is 0.224 e. The number of benzene rings is 2. The molecule has 6 heteroatoms. The van der Waals surface area contributed by atoms with Crippen LogP contribution in [0.4, 0.5) is 5.69 Å². The Morgan fingerprint density at radius 3 is 1.98 bits per heavy atom. The maximum Gasteiger partial charge on any atom is 0.224 e. The molecule has 0 spiro atoms. The minimum absolute atomic E-state index is 0. The largest absolute Gasteiger partial charge is 0.493 e. The fraction of sp³-hybridized carbons (Fsp3) is 0.595. The first-order valence-corrected chi connectivity index (χ1v) is 17.5. The molecular formula is C37H57BrN2O2S. The molecule has 0 saturated carbocycles. The van der Waals surface area contributed by atoms with E-state index in [-0.39, 0.29) is 28.3 Å². The zero-order chi connectivity index (χ0) is 30.2. The third kappa shape index (κ3) is 13.7. The predicted molar refractivity (Wildman–Crippen MR) is 192 cm³/mol. The second-order valence-electron chi connectivity index (χ2n) is 12.9. The summed E-state index contributed by atoms with van der Waals surface area (Å²) in [6.45, 7) is 12.8. The Labute approximate surface area is 277 Å². The summed E-state index contributed by atoms with van der Waals surface area (Å²) >= 11 is 1.81. The van der Waals surface area contributed by atoms with Gasteiger partial charge >= 0.3 is 0 Å². The highest BCUT2D eigenvalue weighted by atomic mass is 79.9. The van der Waals surface area contributed by atoms with Crippen molar-refractivity contribution in [2.45, 2.75) is 130 Å². The van der Waals surface area contributed by atoms with Gasteiger partial charge in [0, 0.05) is 25.4 Å². The third-order valence-corrected chi connectivity index (χ3v) is 8.87. The lowest BCUT2D eigenvalue weighted by atomic mass is 9.85. The van der Waals surface area contributed by atoms with Crippen molar-refractivity contribution in [1.82, 2.24) is 4.90 Å². The van der Waals surface area contributed by atoms with Crippen LogP contribution < -0.4 is 9.64 Å². The van der Waals surface area contributed by atoms with E-state index < -0.39 is 0 Å².